The van der Waals surface area contributed by atoms with Crippen molar-refractivity contribution in [3.8, 4) is 0 Å². The zero-order valence-corrected chi connectivity index (χ0v) is 10.2. The zero-order chi connectivity index (χ0) is 9.54. The molecule has 0 radical (unpaired) electrons. The Labute approximate surface area is 86.7 Å². The minimum atomic E-state index is 1.17. The number of hydrogen-bond acceptors (Lipinski definition) is 0. The van der Waals surface area contributed by atoms with Gasteiger partial charge in [0.25, 0.3) is 0 Å². The maximum atomic E-state index is 2.36. The van der Waals surface area contributed by atoms with Crippen molar-refractivity contribution < 1.29 is 0 Å². The summed E-state index contributed by atoms with van der Waals surface area (Å²) >= 11 is 0. The molecular weight excluding hydrogens is 184 g/mol. The first kappa shape index (κ1) is 8.01. The molecule has 14 heavy (non-hydrogen) atoms. The Hall–Kier alpha value is -1.34. The Morgan fingerprint density at radius 1 is 1.00 bits per heavy atom. The monoisotopic (exact) mass is 196 g/mol. The molecule has 2 aromatic carbocycles. The first-order valence-corrected chi connectivity index (χ1v) is 6.02. The quantitative estimate of drug-likeness (QED) is 0.566. The molecule has 0 unspecified atom stereocenters. The molecule has 1 aliphatic rings. The van der Waals surface area contributed by atoms with Gasteiger partial charge in [0.2, 0.25) is 0 Å². The predicted octanol–water partition coefficient (Wildman–Crippen LogP) is 2.10. The summed E-state index contributed by atoms with van der Waals surface area (Å²) in [6.07, 6.45) is 3.53. The van der Waals surface area contributed by atoms with Crippen molar-refractivity contribution in [2.75, 3.05) is 0 Å². The van der Waals surface area contributed by atoms with Gasteiger partial charge in [0, 0.05) is 10.2 Å². The fourth-order valence-corrected chi connectivity index (χ4v) is 3.03. The van der Waals surface area contributed by atoms with Crippen LogP contribution in [0.5, 0.6) is 0 Å². The summed E-state index contributed by atoms with van der Waals surface area (Å²) in [4.78, 5) is 0. The van der Waals surface area contributed by atoms with E-state index in [1.54, 1.807) is 5.20 Å². The van der Waals surface area contributed by atoms with E-state index in [0.29, 0.717) is 0 Å². The van der Waals surface area contributed by atoms with Crippen molar-refractivity contribution in [3.05, 3.63) is 52.7 Å². The van der Waals surface area contributed by atoms with Crippen LogP contribution in [0, 0.1) is 0 Å². The van der Waals surface area contributed by atoms with Crippen molar-refractivity contribution in [3.63, 3.8) is 0 Å². The molecule has 68 valence electrons. The highest BCUT2D eigenvalue weighted by atomic mass is 28.1. The molecule has 0 aromatic heterocycles. The van der Waals surface area contributed by atoms with E-state index in [1.165, 1.54) is 38.6 Å². The fraction of sp³-hybridized carbons (Fsp3) is 0.0769. The third kappa shape index (κ3) is 1.06. The molecule has 3 rings (SSSR count). The van der Waals surface area contributed by atoms with E-state index in [2.05, 4.69) is 42.5 Å². The molecule has 0 fully saturated rings. The third-order valence-electron chi connectivity index (χ3n) is 2.89. The number of benzene rings is 2. The molecule has 0 heterocycles. The van der Waals surface area contributed by atoms with Gasteiger partial charge in [-0.25, -0.2) is 0 Å². The highest BCUT2D eigenvalue weighted by Gasteiger charge is 2.09. The summed E-state index contributed by atoms with van der Waals surface area (Å²) in [5.74, 6) is 0. The highest BCUT2D eigenvalue weighted by molar-refractivity contribution is 6.25. The summed E-state index contributed by atoms with van der Waals surface area (Å²) in [6.45, 7) is 0. The molecule has 0 amide bonds. The molecule has 0 atom stereocenters. The number of rotatable bonds is 0. The number of allylic oxidation sites excluding steroid dienone is 1. The maximum Gasteiger partial charge on any atom is 0.0337 e. The molecule has 0 spiro atoms. The molecular formula is C13H12Si. The average molecular weight is 196 g/mol. The fourth-order valence-electron chi connectivity index (χ4n) is 2.33. The normalized spacial score (nSPS) is 14.4. The van der Waals surface area contributed by atoms with Crippen molar-refractivity contribution in [2.24, 2.45) is 0 Å². The van der Waals surface area contributed by atoms with Gasteiger partial charge >= 0.3 is 0 Å². The average Bonchev–Trinajstić information content (AvgIpc) is 2.18. The predicted molar refractivity (Wildman–Crippen MR) is 65.6 cm³/mol. The molecule has 2 aromatic rings. The summed E-state index contributed by atoms with van der Waals surface area (Å²) in [5.41, 5.74) is 2.92. The van der Waals surface area contributed by atoms with Gasteiger partial charge in [0.05, 0.1) is 0 Å². The second-order valence-corrected chi connectivity index (χ2v) is 5.31. The van der Waals surface area contributed by atoms with Crippen LogP contribution >= 0.6 is 0 Å². The van der Waals surface area contributed by atoms with Gasteiger partial charge in [0.1, 0.15) is 0 Å². The van der Waals surface area contributed by atoms with Crippen LogP contribution in [0.1, 0.15) is 11.1 Å². The molecule has 0 bridgehead atoms. The second kappa shape index (κ2) is 2.82. The summed E-state index contributed by atoms with van der Waals surface area (Å²) in [7, 11) is 1.18. The lowest BCUT2D eigenvalue weighted by atomic mass is 9.93. The Morgan fingerprint density at radius 3 is 2.64 bits per heavy atom. The van der Waals surface area contributed by atoms with Crippen LogP contribution < -0.4 is 0 Å². The zero-order valence-electron chi connectivity index (χ0n) is 8.25. The van der Waals surface area contributed by atoms with E-state index in [0.717, 1.165) is 0 Å². The minimum absolute atomic E-state index is 1.17. The summed E-state index contributed by atoms with van der Waals surface area (Å²) in [5, 5.41) is 4.44. The molecule has 0 N–H and O–H groups in total. The molecule has 0 aliphatic heterocycles. The van der Waals surface area contributed by atoms with Gasteiger partial charge in [-0.3, -0.25) is 0 Å². The molecule has 0 nitrogen and oxygen atoms in total. The van der Waals surface area contributed by atoms with E-state index >= 15 is 0 Å². The topological polar surface area (TPSA) is 0 Å². The first-order chi connectivity index (χ1) is 6.84. The van der Waals surface area contributed by atoms with Crippen LogP contribution in [0.4, 0.5) is 0 Å². The van der Waals surface area contributed by atoms with Crippen molar-refractivity contribution >= 4 is 27.1 Å². The number of hydrogen-bond donors (Lipinski definition) is 0. The highest BCUT2D eigenvalue weighted by Crippen LogP contribution is 2.29. The SMILES string of the molecule is [SiH3]C1=Cc2cccc3cccc(c23)C1. The standard InChI is InChI=1S/C13H12Si/c14-12-7-10-5-1-3-9-4-2-6-11(8-12)13(9)10/h1-7H,8H2,14H3. The first-order valence-electron chi connectivity index (χ1n) is 5.02. The van der Waals surface area contributed by atoms with Crippen molar-refractivity contribution in [1.29, 1.82) is 0 Å². The van der Waals surface area contributed by atoms with Crippen molar-refractivity contribution in [1.82, 2.24) is 0 Å². The van der Waals surface area contributed by atoms with Crippen LogP contribution in [0.3, 0.4) is 0 Å². The third-order valence-corrected chi connectivity index (χ3v) is 3.54. The summed E-state index contributed by atoms with van der Waals surface area (Å²) < 4.78 is 0. The van der Waals surface area contributed by atoms with Gasteiger partial charge in [-0.15, -0.1) is 0 Å². The smallest absolute Gasteiger partial charge is 0.0337 e. The van der Waals surface area contributed by atoms with E-state index in [1.807, 2.05) is 0 Å². The van der Waals surface area contributed by atoms with E-state index < -0.39 is 0 Å². The van der Waals surface area contributed by atoms with Crippen LogP contribution in [0.25, 0.3) is 16.8 Å². The van der Waals surface area contributed by atoms with Crippen LogP contribution in [0.2, 0.25) is 0 Å². The largest absolute Gasteiger partial charge is 0.0868 e. The van der Waals surface area contributed by atoms with Crippen molar-refractivity contribution in [2.45, 2.75) is 6.42 Å². The van der Waals surface area contributed by atoms with E-state index in [4.69, 9.17) is 0 Å². The lowest BCUT2D eigenvalue weighted by Gasteiger charge is -2.15. The lowest BCUT2D eigenvalue weighted by Crippen LogP contribution is -1.98. The molecule has 1 aliphatic carbocycles. The van der Waals surface area contributed by atoms with Gasteiger partial charge in [0.15, 0.2) is 0 Å². The minimum Gasteiger partial charge on any atom is -0.0868 e. The van der Waals surface area contributed by atoms with Crippen LogP contribution in [0.15, 0.2) is 41.6 Å². The molecule has 0 saturated heterocycles. The molecule has 1 heteroatoms. The molecule has 0 saturated carbocycles. The Morgan fingerprint density at radius 2 is 1.79 bits per heavy atom. The Kier molecular flexibility index (Phi) is 1.61. The Bertz CT molecular complexity index is 533. The van der Waals surface area contributed by atoms with E-state index in [-0.39, 0.29) is 0 Å². The van der Waals surface area contributed by atoms with Gasteiger partial charge < -0.3 is 0 Å². The maximum absolute atomic E-state index is 2.36. The lowest BCUT2D eigenvalue weighted by molar-refractivity contribution is 1.26. The van der Waals surface area contributed by atoms with Crippen LogP contribution in [-0.4, -0.2) is 10.2 Å². The van der Waals surface area contributed by atoms with Gasteiger partial charge in [-0.2, -0.15) is 0 Å². The van der Waals surface area contributed by atoms with Crippen LogP contribution in [-0.2, 0) is 6.42 Å². The Balaban J connectivity index is 2.50. The van der Waals surface area contributed by atoms with Gasteiger partial charge in [-0.1, -0.05) is 47.7 Å². The summed E-state index contributed by atoms with van der Waals surface area (Å²) in [6, 6.07) is 13.2. The second-order valence-electron chi connectivity index (χ2n) is 4.03. The van der Waals surface area contributed by atoms with E-state index in [9.17, 15) is 0 Å². The van der Waals surface area contributed by atoms with Gasteiger partial charge in [-0.05, 0) is 28.3 Å².